The number of pyridine rings is 1. The summed E-state index contributed by atoms with van der Waals surface area (Å²) in [6.07, 6.45) is -3.51. The van der Waals surface area contributed by atoms with E-state index in [4.69, 9.17) is 5.73 Å². The first-order valence-corrected chi connectivity index (χ1v) is 11.5. The van der Waals surface area contributed by atoms with Gasteiger partial charge in [-0.2, -0.15) is 18.3 Å². The molecule has 4 aromatic heterocycles. The summed E-state index contributed by atoms with van der Waals surface area (Å²) in [6.45, 7) is 3.53. The molecule has 0 unspecified atom stereocenters. The van der Waals surface area contributed by atoms with Crippen LogP contribution in [0.3, 0.4) is 0 Å². The number of nitrogens with zero attached hydrogens (tertiary/aromatic N) is 4. The summed E-state index contributed by atoms with van der Waals surface area (Å²) in [7, 11) is 0. The third-order valence-corrected chi connectivity index (χ3v) is 6.69. The van der Waals surface area contributed by atoms with Gasteiger partial charge in [-0.1, -0.05) is 12.1 Å². The quantitative estimate of drug-likeness (QED) is 0.314. The molecule has 13 heteroatoms. The molecular weight excluding hydrogens is 512 g/mol. The zero-order valence-corrected chi connectivity index (χ0v) is 20.0. The third kappa shape index (κ3) is 4.27. The monoisotopic (exact) mass is 528 g/mol. The van der Waals surface area contributed by atoms with Crippen molar-refractivity contribution in [1.82, 2.24) is 19.6 Å². The first-order valence-electron chi connectivity index (χ1n) is 10.7. The normalized spacial score (nSPS) is 11.8. The number of halogens is 4. The smallest absolute Gasteiger partial charge is 0.365 e. The fourth-order valence-electron chi connectivity index (χ4n) is 4.00. The summed E-state index contributed by atoms with van der Waals surface area (Å²) in [4.78, 5) is 33.3. The highest BCUT2D eigenvalue weighted by molar-refractivity contribution is 7.21. The molecule has 0 radical (unpaired) electrons. The van der Waals surface area contributed by atoms with Crippen LogP contribution in [0.5, 0.6) is 0 Å². The number of benzene rings is 1. The van der Waals surface area contributed by atoms with Crippen LogP contribution < -0.4 is 11.1 Å². The molecule has 0 saturated carbocycles. The van der Waals surface area contributed by atoms with E-state index < -0.39 is 29.5 Å². The van der Waals surface area contributed by atoms with Gasteiger partial charge in [0.25, 0.3) is 11.8 Å². The lowest BCUT2D eigenvalue weighted by Gasteiger charge is -2.12. The van der Waals surface area contributed by atoms with Crippen molar-refractivity contribution in [2.75, 3.05) is 5.32 Å². The predicted octanol–water partition coefficient (Wildman–Crippen LogP) is 5.13. The molecule has 4 heterocycles. The van der Waals surface area contributed by atoms with Gasteiger partial charge in [0.15, 0.2) is 5.65 Å². The topological polar surface area (TPSA) is 115 Å². The molecule has 1 aromatic carbocycles. The number of fused-ring (bicyclic) bond motifs is 2. The largest absolute Gasteiger partial charge is 0.433 e. The van der Waals surface area contributed by atoms with Crippen molar-refractivity contribution in [3.05, 3.63) is 75.9 Å². The van der Waals surface area contributed by atoms with Gasteiger partial charge in [0, 0.05) is 16.8 Å². The molecule has 0 fully saturated rings. The Morgan fingerprint density at radius 2 is 1.78 bits per heavy atom. The van der Waals surface area contributed by atoms with E-state index in [2.05, 4.69) is 20.4 Å². The minimum absolute atomic E-state index is 0.0129. The lowest BCUT2D eigenvalue weighted by molar-refractivity contribution is -0.140. The second kappa shape index (κ2) is 8.62. The van der Waals surface area contributed by atoms with Crippen LogP contribution >= 0.6 is 11.3 Å². The fourth-order valence-corrected chi connectivity index (χ4v) is 5.01. The fraction of sp³-hybridized carbons (Fsp3) is 0.125. The number of rotatable bonds is 4. The van der Waals surface area contributed by atoms with Gasteiger partial charge in [-0.25, -0.2) is 18.9 Å². The van der Waals surface area contributed by atoms with E-state index in [9.17, 15) is 27.2 Å². The van der Waals surface area contributed by atoms with Gasteiger partial charge >= 0.3 is 6.18 Å². The Kier molecular flexibility index (Phi) is 5.67. The summed E-state index contributed by atoms with van der Waals surface area (Å²) in [6, 6.07) is 7.31. The van der Waals surface area contributed by atoms with Crippen molar-refractivity contribution < 1.29 is 27.2 Å². The minimum atomic E-state index is -4.80. The number of aryl methyl sites for hydroxylation is 2. The van der Waals surface area contributed by atoms with Crippen molar-refractivity contribution in [2.24, 2.45) is 5.73 Å². The standard InChI is InChI=1S/C24H16F4N6O2S/c1-10-7-11(2)34-21(31-10)15(9-30-34)22(36)33-18-17-14(12-3-5-13(25)6-4-12)8-16(24(26,27)28)32-23(17)37-19(18)20(29)35/h3-9H,1-2H3,(H2,29,35)(H,33,36). The first kappa shape index (κ1) is 24.3. The average Bonchev–Trinajstić information content (AvgIpc) is 3.40. The Bertz CT molecular complexity index is 1720. The van der Waals surface area contributed by atoms with Crippen LogP contribution in [-0.4, -0.2) is 31.4 Å². The molecule has 2 amide bonds. The van der Waals surface area contributed by atoms with E-state index >= 15 is 0 Å². The SMILES string of the molecule is Cc1cc(C)n2ncc(C(=O)Nc3c(C(N)=O)sc4nc(C(F)(F)F)cc(-c5ccc(F)cc5)c34)c2n1. The Morgan fingerprint density at radius 3 is 2.43 bits per heavy atom. The molecule has 0 aliphatic carbocycles. The number of aromatic nitrogens is 4. The predicted molar refractivity (Wildman–Crippen MR) is 129 cm³/mol. The Labute approximate surface area is 209 Å². The number of alkyl halides is 3. The van der Waals surface area contributed by atoms with E-state index in [0.717, 1.165) is 23.9 Å². The van der Waals surface area contributed by atoms with E-state index in [1.54, 1.807) is 19.9 Å². The molecule has 3 N–H and O–H groups in total. The van der Waals surface area contributed by atoms with E-state index in [0.29, 0.717) is 17.0 Å². The number of hydrogen-bond acceptors (Lipinski definition) is 6. The van der Waals surface area contributed by atoms with E-state index in [-0.39, 0.29) is 43.1 Å². The number of primary amides is 1. The molecule has 0 spiro atoms. The average molecular weight is 528 g/mol. The number of nitrogens with two attached hydrogens (primary N) is 1. The summed E-state index contributed by atoms with van der Waals surface area (Å²) >= 11 is 0.611. The van der Waals surface area contributed by atoms with Gasteiger partial charge in [-0.15, -0.1) is 11.3 Å². The zero-order chi connectivity index (χ0) is 26.6. The molecule has 0 aliphatic heterocycles. The van der Waals surface area contributed by atoms with Crippen LogP contribution in [0, 0.1) is 19.7 Å². The number of hydrogen-bond donors (Lipinski definition) is 2. The number of nitrogens with one attached hydrogen (secondary N) is 1. The van der Waals surface area contributed by atoms with Crippen LogP contribution in [0.2, 0.25) is 0 Å². The number of carbonyl (C=O) groups is 2. The molecular formula is C24H16F4N6O2S. The van der Waals surface area contributed by atoms with Gasteiger partial charge < -0.3 is 11.1 Å². The minimum Gasteiger partial charge on any atom is -0.365 e. The molecule has 0 bridgehead atoms. The van der Waals surface area contributed by atoms with Crippen molar-refractivity contribution in [3.8, 4) is 11.1 Å². The van der Waals surface area contributed by atoms with Gasteiger partial charge in [0.05, 0.1) is 11.9 Å². The maximum absolute atomic E-state index is 13.7. The Hall–Kier alpha value is -4.39. The maximum Gasteiger partial charge on any atom is 0.433 e. The summed E-state index contributed by atoms with van der Waals surface area (Å²) in [5.74, 6) is -2.27. The number of amides is 2. The van der Waals surface area contributed by atoms with E-state index in [1.807, 2.05) is 0 Å². The maximum atomic E-state index is 13.7. The third-order valence-electron chi connectivity index (χ3n) is 5.59. The van der Waals surface area contributed by atoms with Crippen molar-refractivity contribution in [1.29, 1.82) is 0 Å². The zero-order valence-electron chi connectivity index (χ0n) is 19.1. The summed E-state index contributed by atoms with van der Waals surface area (Å²) in [5, 5.41) is 6.84. The van der Waals surface area contributed by atoms with E-state index in [1.165, 1.54) is 22.8 Å². The van der Waals surface area contributed by atoms with Gasteiger partial charge in [0.1, 0.15) is 26.8 Å². The molecule has 5 rings (SSSR count). The number of anilines is 1. The summed E-state index contributed by atoms with van der Waals surface area (Å²) in [5.41, 5.74) is 6.10. The van der Waals surface area contributed by atoms with Crippen molar-refractivity contribution >= 4 is 44.7 Å². The number of carbonyl (C=O) groups excluding carboxylic acids is 2. The van der Waals surface area contributed by atoms with Crippen LogP contribution in [0.4, 0.5) is 23.2 Å². The highest BCUT2D eigenvalue weighted by Crippen LogP contribution is 2.43. The molecule has 188 valence electrons. The van der Waals surface area contributed by atoms with Crippen LogP contribution in [0.1, 0.15) is 37.1 Å². The van der Waals surface area contributed by atoms with Crippen molar-refractivity contribution in [2.45, 2.75) is 20.0 Å². The van der Waals surface area contributed by atoms with Gasteiger partial charge in [-0.05, 0) is 49.2 Å². The Balaban J connectivity index is 1.74. The summed E-state index contributed by atoms with van der Waals surface area (Å²) < 4.78 is 56.0. The van der Waals surface area contributed by atoms with Crippen LogP contribution in [-0.2, 0) is 6.18 Å². The number of thiophene rings is 1. The van der Waals surface area contributed by atoms with Crippen LogP contribution in [0.25, 0.3) is 27.0 Å². The molecule has 5 aromatic rings. The molecule has 0 saturated heterocycles. The first-order chi connectivity index (χ1) is 17.4. The van der Waals surface area contributed by atoms with Crippen molar-refractivity contribution in [3.63, 3.8) is 0 Å². The van der Waals surface area contributed by atoms with Gasteiger partial charge in [0.2, 0.25) is 0 Å². The molecule has 8 nitrogen and oxygen atoms in total. The second-order valence-electron chi connectivity index (χ2n) is 8.20. The molecule has 0 aliphatic rings. The molecule has 0 atom stereocenters. The van der Waals surface area contributed by atoms with Crippen LogP contribution in [0.15, 0.2) is 42.6 Å². The second-order valence-corrected chi connectivity index (χ2v) is 9.20. The lowest BCUT2D eigenvalue weighted by atomic mass is 10.0. The lowest BCUT2D eigenvalue weighted by Crippen LogP contribution is -2.17. The highest BCUT2D eigenvalue weighted by Gasteiger charge is 2.35. The van der Waals surface area contributed by atoms with Gasteiger partial charge in [-0.3, -0.25) is 9.59 Å². The highest BCUT2D eigenvalue weighted by atomic mass is 32.1. The molecule has 37 heavy (non-hydrogen) atoms. The Morgan fingerprint density at radius 1 is 1.08 bits per heavy atom.